The maximum atomic E-state index is 10.00. The van der Waals surface area contributed by atoms with Crippen molar-refractivity contribution in [3.63, 3.8) is 0 Å². The summed E-state index contributed by atoms with van der Waals surface area (Å²) in [6.07, 6.45) is -0.245. The van der Waals surface area contributed by atoms with Crippen molar-refractivity contribution in [1.82, 2.24) is 0 Å². The molecule has 0 aromatic rings. The predicted molar refractivity (Wildman–Crippen MR) is 49.4 cm³/mol. The molecule has 0 amide bonds. The van der Waals surface area contributed by atoms with Gasteiger partial charge in [0.05, 0.1) is 0 Å². The Morgan fingerprint density at radius 3 is 2.21 bits per heavy atom. The fourth-order valence-corrected chi connectivity index (χ4v) is 2.42. The first-order valence-electron chi connectivity index (χ1n) is 5.15. The van der Waals surface area contributed by atoms with Crippen molar-refractivity contribution in [1.29, 1.82) is 0 Å². The molecule has 0 radical (unpaired) electrons. The van der Waals surface area contributed by atoms with Crippen molar-refractivity contribution in [3.05, 3.63) is 0 Å². The fraction of sp³-hybridized carbons (Fsp3) is 1.00. The van der Waals surface area contributed by atoms with Crippen LogP contribution in [0, 0.1) is 5.92 Å². The molecular formula is C10H18O4. The minimum atomic E-state index is -0.854. The van der Waals surface area contributed by atoms with Gasteiger partial charge in [0.2, 0.25) is 0 Å². The highest BCUT2D eigenvalue weighted by molar-refractivity contribution is 5.08. The van der Waals surface area contributed by atoms with Crippen molar-refractivity contribution in [2.75, 3.05) is 0 Å². The predicted octanol–water partition coefficient (Wildman–Crippen LogP) is 0.617. The lowest BCUT2D eigenvalue weighted by Gasteiger charge is -2.56. The Bertz CT molecular complexity index is 230. The summed E-state index contributed by atoms with van der Waals surface area (Å²) in [5, 5.41) is 19.9. The molecule has 1 saturated carbocycles. The van der Waals surface area contributed by atoms with Crippen molar-refractivity contribution >= 4 is 0 Å². The number of hydrogen-bond acceptors (Lipinski definition) is 4. The van der Waals surface area contributed by atoms with Crippen molar-refractivity contribution in [2.45, 2.75) is 57.0 Å². The fourth-order valence-electron chi connectivity index (χ4n) is 2.42. The van der Waals surface area contributed by atoms with Gasteiger partial charge in [-0.15, -0.1) is 0 Å². The molecule has 0 aromatic heterocycles. The summed E-state index contributed by atoms with van der Waals surface area (Å²) in [6, 6.07) is 0. The average Bonchev–Trinajstić information content (AvgIpc) is 2.14. The van der Waals surface area contributed by atoms with Crippen LogP contribution in [0.1, 0.15) is 33.6 Å². The van der Waals surface area contributed by atoms with Crippen LogP contribution >= 0.6 is 0 Å². The van der Waals surface area contributed by atoms with Gasteiger partial charge in [0.25, 0.3) is 0 Å². The monoisotopic (exact) mass is 202 g/mol. The van der Waals surface area contributed by atoms with E-state index in [1.165, 1.54) is 0 Å². The Hall–Kier alpha value is -0.160. The molecule has 4 heteroatoms. The summed E-state index contributed by atoms with van der Waals surface area (Å²) in [5.74, 6) is 0.122. The molecule has 1 aliphatic carbocycles. The first kappa shape index (κ1) is 10.4. The third-order valence-electron chi connectivity index (χ3n) is 3.80. The quantitative estimate of drug-likeness (QED) is 0.612. The Kier molecular flexibility index (Phi) is 2.16. The molecule has 82 valence electrons. The second-order valence-electron chi connectivity index (χ2n) is 4.98. The van der Waals surface area contributed by atoms with Gasteiger partial charge in [-0.25, -0.2) is 9.78 Å². The minimum absolute atomic E-state index is 0.122. The number of aliphatic hydroxyl groups is 2. The third-order valence-corrected chi connectivity index (χ3v) is 3.80. The highest BCUT2D eigenvalue weighted by atomic mass is 17.2. The van der Waals surface area contributed by atoms with Crippen molar-refractivity contribution < 1.29 is 20.0 Å². The smallest absolute Gasteiger partial charge is 0.134 e. The number of hydrogen-bond donors (Lipinski definition) is 2. The summed E-state index contributed by atoms with van der Waals surface area (Å²) in [6.45, 7) is 5.70. The van der Waals surface area contributed by atoms with Gasteiger partial charge in [0.15, 0.2) is 0 Å². The number of rotatable bonds is 1. The van der Waals surface area contributed by atoms with Gasteiger partial charge < -0.3 is 10.2 Å². The van der Waals surface area contributed by atoms with Crippen LogP contribution < -0.4 is 0 Å². The van der Waals surface area contributed by atoms with Gasteiger partial charge in [0.1, 0.15) is 23.4 Å². The molecule has 14 heavy (non-hydrogen) atoms. The van der Waals surface area contributed by atoms with E-state index in [0.29, 0.717) is 0 Å². The Morgan fingerprint density at radius 2 is 1.79 bits per heavy atom. The van der Waals surface area contributed by atoms with Crippen molar-refractivity contribution in [3.8, 4) is 0 Å². The van der Waals surface area contributed by atoms with E-state index in [-0.39, 0.29) is 5.92 Å². The van der Waals surface area contributed by atoms with E-state index in [2.05, 4.69) is 0 Å². The lowest BCUT2D eigenvalue weighted by atomic mass is 9.67. The lowest BCUT2D eigenvalue weighted by Crippen LogP contribution is -2.70. The second-order valence-corrected chi connectivity index (χ2v) is 4.98. The van der Waals surface area contributed by atoms with E-state index in [1.807, 2.05) is 13.8 Å². The Morgan fingerprint density at radius 1 is 1.14 bits per heavy atom. The molecule has 3 aliphatic rings. The topological polar surface area (TPSA) is 58.9 Å². The highest BCUT2D eigenvalue weighted by Crippen LogP contribution is 2.49. The molecule has 3 fully saturated rings. The van der Waals surface area contributed by atoms with E-state index in [9.17, 15) is 10.2 Å². The van der Waals surface area contributed by atoms with Crippen molar-refractivity contribution in [2.24, 2.45) is 5.92 Å². The summed E-state index contributed by atoms with van der Waals surface area (Å²) in [5.41, 5.74) is -1.47. The normalized spacial score (nSPS) is 52.7. The summed E-state index contributed by atoms with van der Waals surface area (Å²) < 4.78 is 0. The largest absolute Gasteiger partial charge is 0.387 e. The maximum absolute atomic E-state index is 10.00. The first-order chi connectivity index (χ1) is 6.42. The van der Waals surface area contributed by atoms with Crippen LogP contribution in [0.4, 0.5) is 0 Å². The molecule has 0 unspecified atom stereocenters. The zero-order chi connectivity index (χ0) is 10.6. The van der Waals surface area contributed by atoms with Crippen LogP contribution in [-0.2, 0) is 9.78 Å². The van der Waals surface area contributed by atoms with Gasteiger partial charge in [-0.2, -0.15) is 0 Å². The van der Waals surface area contributed by atoms with E-state index in [4.69, 9.17) is 9.78 Å². The molecule has 2 saturated heterocycles. The van der Waals surface area contributed by atoms with Gasteiger partial charge >= 0.3 is 0 Å². The zero-order valence-corrected chi connectivity index (χ0v) is 8.86. The summed E-state index contributed by atoms with van der Waals surface area (Å²) in [4.78, 5) is 10.5. The SMILES string of the molecule is CC(C)[C@]12CC[C@](C)(OO1)[C@@H](O)[C@H]2O. The van der Waals surface area contributed by atoms with Crippen LogP contribution in [-0.4, -0.2) is 33.6 Å². The van der Waals surface area contributed by atoms with Crippen LogP contribution in [0.15, 0.2) is 0 Å². The molecule has 0 aromatic carbocycles. The summed E-state index contributed by atoms with van der Waals surface area (Å²) in [7, 11) is 0. The molecule has 3 rings (SSSR count). The Labute approximate surface area is 83.8 Å². The lowest BCUT2D eigenvalue weighted by molar-refractivity contribution is -0.508. The van der Waals surface area contributed by atoms with E-state index >= 15 is 0 Å². The van der Waals surface area contributed by atoms with Crippen LogP contribution in [0.2, 0.25) is 0 Å². The number of aliphatic hydroxyl groups excluding tert-OH is 2. The molecule has 4 nitrogen and oxygen atoms in total. The van der Waals surface area contributed by atoms with Crippen LogP contribution in [0.25, 0.3) is 0 Å². The van der Waals surface area contributed by atoms with Gasteiger partial charge in [-0.05, 0) is 25.7 Å². The minimum Gasteiger partial charge on any atom is -0.387 e. The molecule has 2 aliphatic heterocycles. The molecule has 2 heterocycles. The highest BCUT2D eigenvalue weighted by Gasteiger charge is 2.62. The molecule has 2 N–H and O–H groups in total. The van der Waals surface area contributed by atoms with E-state index in [0.717, 1.165) is 12.8 Å². The average molecular weight is 202 g/mol. The van der Waals surface area contributed by atoms with E-state index < -0.39 is 23.4 Å². The molecule has 2 bridgehead atoms. The van der Waals surface area contributed by atoms with Gasteiger partial charge in [0, 0.05) is 0 Å². The van der Waals surface area contributed by atoms with E-state index in [1.54, 1.807) is 6.92 Å². The summed E-state index contributed by atoms with van der Waals surface area (Å²) >= 11 is 0. The zero-order valence-electron chi connectivity index (χ0n) is 8.86. The molecule has 0 spiro atoms. The van der Waals surface area contributed by atoms with Crippen LogP contribution in [0.5, 0.6) is 0 Å². The molecular weight excluding hydrogens is 184 g/mol. The van der Waals surface area contributed by atoms with Gasteiger partial charge in [-0.3, -0.25) is 0 Å². The first-order valence-corrected chi connectivity index (χ1v) is 5.15. The third kappa shape index (κ3) is 1.08. The standard InChI is InChI=1S/C10H18O4/c1-6(2)10-5-4-9(3,13-14-10)7(11)8(10)12/h6-8,11-12H,4-5H2,1-3H3/t7-,8+,9-,10-/m0/s1. The molecule has 4 atom stereocenters. The Balaban J connectivity index is 2.32. The van der Waals surface area contributed by atoms with Crippen LogP contribution in [0.3, 0.4) is 0 Å². The second kappa shape index (κ2) is 2.92. The maximum Gasteiger partial charge on any atom is 0.134 e. The van der Waals surface area contributed by atoms with Gasteiger partial charge in [-0.1, -0.05) is 13.8 Å². The number of fused-ring (bicyclic) bond motifs is 3.